The van der Waals surface area contributed by atoms with Crippen molar-refractivity contribution in [3.63, 3.8) is 0 Å². The van der Waals surface area contributed by atoms with E-state index in [1.54, 1.807) is 11.1 Å². The van der Waals surface area contributed by atoms with Crippen LogP contribution in [0.2, 0.25) is 0 Å². The molecule has 0 aliphatic heterocycles. The number of hydrogen-bond donors (Lipinski definition) is 0. The molecule has 17 heavy (non-hydrogen) atoms. The van der Waals surface area contributed by atoms with Gasteiger partial charge in [0.2, 0.25) is 0 Å². The zero-order valence-electron chi connectivity index (χ0n) is 10.4. The van der Waals surface area contributed by atoms with E-state index in [4.69, 9.17) is 0 Å². The van der Waals surface area contributed by atoms with Crippen molar-refractivity contribution in [2.75, 3.05) is 0 Å². The van der Waals surface area contributed by atoms with Crippen LogP contribution in [0.1, 0.15) is 44.9 Å². The third kappa shape index (κ3) is 1.49. The number of fused-ring (bicyclic) bond motifs is 4. The Morgan fingerprint density at radius 3 is 3.06 bits per heavy atom. The van der Waals surface area contributed by atoms with E-state index >= 15 is 0 Å². The zero-order chi connectivity index (χ0) is 11.2. The first-order valence-corrected chi connectivity index (χ1v) is 7.25. The molecule has 0 aromatic rings. The Morgan fingerprint density at radius 2 is 2.06 bits per heavy atom. The highest BCUT2D eigenvalue weighted by Crippen LogP contribution is 2.50. The average Bonchev–Trinajstić information content (AvgIpc) is 2.86. The van der Waals surface area contributed by atoms with Gasteiger partial charge in [0, 0.05) is 0 Å². The average molecular weight is 224 g/mol. The molecule has 1 saturated carbocycles. The molecule has 0 aromatic carbocycles. The Balaban J connectivity index is 1.77. The van der Waals surface area contributed by atoms with Gasteiger partial charge in [-0.05, 0) is 80.3 Å². The Morgan fingerprint density at radius 1 is 1.06 bits per heavy atom. The molecule has 0 saturated heterocycles. The van der Waals surface area contributed by atoms with E-state index in [1.807, 2.05) is 5.57 Å². The molecule has 88 valence electrons. The van der Waals surface area contributed by atoms with Crippen LogP contribution in [0.5, 0.6) is 0 Å². The van der Waals surface area contributed by atoms with Gasteiger partial charge in [-0.3, -0.25) is 0 Å². The smallest absolute Gasteiger partial charge is 0.00932 e. The lowest BCUT2D eigenvalue weighted by Crippen LogP contribution is -2.28. The van der Waals surface area contributed by atoms with Crippen LogP contribution in [0.3, 0.4) is 0 Å². The molecule has 4 rings (SSSR count). The topological polar surface area (TPSA) is 0 Å². The summed E-state index contributed by atoms with van der Waals surface area (Å²) in [6.07, 6.45) is 20.2. The van der Waals surface area contributed by atoms with E-state index in [9.17, 15) is 0 Å². The molecule has 0 bridgehead atoms. The van der Waals surface area contributed by atoms with E-state index in [0.29, 0.717) is 0 Å². The first-order chi connectivity index (χ1) is 8.43. The van der Waals surface area contributed by atoms with Crippen molar-refractivity contribution in [1.29, 1.82) is 0 Å². The second kappa shape index (κ2) is 3.86. The third-order valence-electron chi connectivity index (χ3n) is 5.28. The van der Waals surface area contributed by atoms with Crippen molar-refractivity contribution in [2.45, 2.75) is 44.9 Å². The van der Waals surface area contributed by atoms with Crippen molar-refractivity contribution >= 4 is 0 Å². The van der Waals surface area contributed by atoms with Crippen LogP contribution in [-0.2, 0) is 0 Å². The Labute approximate surface area is 104 Å². The van der Waals surface area contributed by atoms with Gasteiger partial charge in [-0.25, -0.2) is 0 Å². The fourth-order valence-electron chi connectivity index (χ4n) is 4.46. The van der Waals surface area contributed by atoms with Crippen LogP contribution in [0.4, 0.5) is 0 Å². The lowest BCUT2D eigenvalue weighted by Gasteiger charge is -2.40. The summed E-state index contributed by atoms with van der Waals surface area (Å²) in [4.78, 5) is 0. The number of rotatable bonds is 0. The summed E-state index contributed by atoms with van der Waals surface area (Å²) in [5, 5.41) is 0. The first-order valence-electron chi connectivity index (χ1n) is 7.25. The maximum atomic E-state index is 3.56. The van der Waals surface area contributed by atoms with Crippen LogP contribution >= 0.6 is 0 Å². The van der Waals surface area contributed by atoms with E-state index in [2.05, 4.69) is 24.6 Å². The summed E-state index contributed by atoms with van der Waals surface area (Å²) >= 11 is 0. The highest BCUT2D eigenvalue weighted by molar-refractivity contribution is 5.44. The second-order valence-electron chi connectivity index (χ2n) is 6.04. The Kier molecular flexibility index (Phi) is 2.31. The molecule has 3 unspecified atom stereocenters. The van der Waals surface area contributed by atoms with Gasteiger partial charge in [0.05, 0.1) is 0 Å². The standard InChI is InChI=1S/C17H20/c1-2-6-14-12(4-1)8-10-17-15-7-3-5-13(15)9-11-16(14)17/h5,9,11-12,15,17H,2-4,6-8,10H2. The van der Waals surface area contributed by atoms with Gasteiger partial charge in [0.25, 0.3) is 0 Å². The molecule has 1 fully saturated rings. The Hall–Kier alpha value is -0.780. The van der Waals surface area contributed by atoms with E-state index in [1.165, 1.54) is 44.9 Å². The van der Waals surface area contributed by atoms with Crippen LogP contribution in [0.15, 0.2) is 34.9 Å². The molecule has 0 N–H and O–H groups in total. The Bertz CT molecular complexity index is 421. The highest BCUT2D eigenvalue weighted by Gasteiger charge is 2.37. The van der Waals surface area contributed by atoms with Crippen molar-refractivity contribution in [1.82, 2.24) is 0 Å². The molecule has 0 nitrogen and oxygen atoms in total. The molecule has 0 spiro atoms. The normalized spacial score (nSPS) is 39.5. The first kappa shape index (κ1) is 10.2. The SMILES string of the molecule is [C]1CCC2=C3C=CC4=CCCC4C3CCC2C1. The predicted octanol–water partition coefficient (Wildman–Crippen LogP) is 4.48. The fourth-order valence-corrected chi connectivity index (χ4v) is 4.46. The van der Waals surface area contributed by atoms with Gasteiger partial charge in [0.15, 0.2) is 0 Å². The lowest BCUT2D eigenvalue weighted by molar-refractivity contribution is 0.323. The summed E-state index contributed by atoms with van der Waals surface area (Å²) in [5.74, 6) is 2.60. The third-order valence-corrected chi connectivity index (χ3v) is 5.28. The van der Waals surface area contributed by atoms with Crippen molar-refractivity contribution < 1.29 is 0 Å². The second-order valence-corrected chi connectivity index (χ2v) is 6.04. The van der Waals surface area contributed by atoms with Crippen molar-refractivity contribution in [3.8, 4) is 0 Å². The molecule has 3 atom stereocenters. The van der Waals surface area contributed by atoms with Gasteiger partial charge < -0.3 is 0 Å². The molecule has 0 amide bonds. The van der Waals surface area contributed by atoms with Crippen molar-refractivity contribution in [3.05, 3.63) is 41.4 Å². The number of allylic oxidation sites excluding steroid dienone is 6. The minimum absolute atomic E-state index is 0.853. The molecular formula is C17H20. The molecular weight excluding hydrogens is 204 g/mol. The molecule has 0 aromatic heterocycles. The van der Waals surface area contributed by atoms with E-state index < -0.39 is 0 Å². The maximum Gasteiger partial charge on any atom is -0.00932 e. The van der Waals surface area contributed by atoms with Gasteiger partial charge >= 0.3 is 0 Å². The molecule has 4 aliphatic carbocycles. The fraction of sp³-hybridized carbons (Fsp3) is 0.588. The van der Waals surface area contributed by atoms with E-state index in [-0.39, 0.29) is 0 Å². The highest BCUT2D eigenvalue weighted by atomic mass is 14.4. The summed E-state index contributed by atoms with van der Waals surface area (Å²) in [6, 6.07) is 0. The van der Waals surface area contributed by atoms with Crippen LogP contribution in [0.25, 0.3) is 0 Å². The maximum absolute atomic E-state index is 3.56. The van der Waals surface area contributed by atoms with Crippen LogP contribution in [-0.4, -0.2) is 0 Å². The monoisotopic (exact) mass is 224 g/mol. The predicted molar refractivity (Wildman–Crippen MR) is 70.3 cm³/mol. The van der Waals surface area contributed by atoms with Crippen molar-refractivity contribution in [2.24, 2.45) is 17.8 Å². The summed E-state index contributed by atoms with van der Waals surface area (Å²) in [5.41, 5.74) is 5.20. The molecule has 2 radical (unpaired) electrons. The lowest BCUT2D eigenvalue weighted by atomic mass is 9.64. The number of hydrogen-bond acceptors (Lipinski definition) is 0. The minimum atomic E-state index is 0.853. The summed E-state index contributed by atoms with van der Waals surface area (Å²) in [7, 11) is 0. The van der Waals surface area contributed by atoms with Gasteiger partial charge in [-0.15, -0.1) is 0 Å². The van der Waals surface area contributed by atoms with E-state index in [0.717, 1.165) is 17.8 Å². The van der Waals surface area contributed by atoms with Gasteiger partial charge in [-0.2, -0.15) is 0 Å². The van der Waals surface area contributed by atoms with Crippen LogP contribution in [0, 0.1) is 24.2 Å². The molecule has 0 heterocycles. The largest absolute Gasteiger partial charge is 0.0810 e. The van der Waals surface area contributed by atoms with Crippen LogP contribution < -0.4 is 0 Å². The molecule has 4 aliphatic rings. The molecule has 0 heteroatoms. The summed E-state index contributed by atoms with van der Waals surface area (Å²) in [6.45, 7) is 0. The summed E-state index contributed by atoms with van der Waals surface area (Å²) < 4.78 is 0. The van der Waals surface area contributed by atoms with Gasteiger partial charge in [0.1, 0.15) is 0 Å². The minimum Gasteiger partial charge on any atom is -0.0810 e. The van der Waals surface area contributed by atoms with Gasteiger partial charge in [-0.1, -0.05) is 23.8 Å². The zero-order valence-corrected chi connectivity index (χ0v) is 10.4. The quantitative estimate of drug-likeness (QED) is 0.569.